The van der Waals surface area contributed by atoms with Crippen molar-refractivity contribution in [3.05, 3.63) is 77.1 Å². The Morgan fingerprint density at radius 1 is 0.889 bits per heavy atom. The number of carbonyl (C=O) groups is 2. The summed E-state index contributed by atoms with van der Waals surface area (Å²) in [5.74, 6) is -0.263. The third-order valence-electron chi connectivity index (χ3n) is 6.33. The molecule has 2 aromatic carbocycles. The fraction of sp³-hybridized carbons (Fsp3) is 0.296. The van der Waals surface area contributed by atoms with E-state index in [0.717, 1.165) is 16.6 Å². The fourth-order valence-corrected chi connectivity index (χ4v) is 4.49. The molecule has 2 amide bonds. The van der Waals surface area contributed by atoms with E-state index in [1.807, 2.05) is 63.2 Å². The lowest BCUT2D eigenvalue weighted by molar-refractivity contribution is 0.0532. The SMILES string of the molecule is CC(C)(C)n1cc(C(=O)N2CCN(C(=O)c3ccc4c(Cl)cc(-c5ccccc5)nc4c3)CC2)nn1. The van der Waals surface area contributed by atoms with Crippen LogP contribution in [0.3, 0.4) is 0 Å². The predicted octanol–water partition coefficient (Wildman–Crippen LogP) is 4.50. The first-order chi connectivity index (χ1) is 17.2. The number of benzene rings is 2. The van der Waals surface area contributed by atoms with Crippen LogP contribution in [0.5, 0.6) is 0 Å². The van der Waals surface area contributed by atoms with Crippen molar-refractivity contribution in [3.8, 4) is 11.3 Å². The zero-order chi connectivity index (χ0) is 25.4. The van der Waals surface area contributed by atoms with Gasteiger partial charge in [-0.05, 0) is 39.0 Å². The average molecular weight is 503 g/mol. The van der Waals surface area contributed by atoms with Gasteiger partial charge in [-0.2, -0.15) is 0 Å². The van der Waals surface area contributed by atoms with Crippen LogP contribution in [0, 0.1) is 0 Å². The molecule has 0 unspecified atom stereocenters. The highest BCUT2D eigenvalue weighted by Crippen LogP contribution is 2.29. The normalized spacial score (nSPS) is 14.3. The minimum absolute atomic E-state index is 0.0919. The maximum absolute atomic E-state index is 13.3. The van der Waals surface area contributed by atoms with Gasteiger partial charge in [0, 0.05) is 42.7 Å². The summed E-state index contributed by atoms with van der Waals surface area (Å²) in [6.45, 7) is 7.74. The Balaban J connectivity index is 1.30. The highest BCUT2D eigenvalue weighted by atomic mass is 35.5. The number of pyridine rings is 1. The Hall–Kier alpha value is -3.78. The smallest absolute Gasteiger partial charge is 0.276 e. The van der Waals surface area contributed by atoms with Gasteiger partial charge in [0.15, 0.2) is 5.69 Å². The number of amides is 2. The predicted molar refractivity (Wildman–Crippen MR) is 139 cm³/mol. The summed E-state index contributed by atoms with van der Waals surface area (Å²) in [4.78, 5) is 34.4. The molecule has 1 fully saturated rings. The molecule has 0 aliphatic carbocycles. The van der Waals surface area contributed by atoms with Crippen LogP contribution in [0.25, 0.3) is 22.2 Å². The highest BCUT2D eigenvalue weighted by molar-refractivity contribution is 6.35. The molecular weight excluding hydrogens is 476 g/mol. The van der Waals surface area contributed by atoms with Crippen LogP contribution in [0.15, 0.2) is 60.8 Å². The summed E-state index contributed by atoms with van der Waals surface area (Å²) in [5.41, 5.74) is 3.00. The Bertz CT molecular complexity index is 1440. The molecule has 8 nitrogen and oxygen atoms in total. The molecule has 1 aliphatic rings. The van der Waals surface area contributed by atoms with Crippen molar-refractivity contribution in [2.75, 3.05) is 26.2 Å². The van der Waals surface area contributed by atoms with E-state index < -0.39 is 0 Å². The maximum Gasteiger partial charge on any atom is 0.276 e. The lowest BCUT2D eigenvalue weighted by atomic mass is 10.1. The second-order valence-electron chi connectivity index (χ2n) is 9.89. The first kappa shape index (κ1) is 23.9. The molecule has 1 aliphatic heterocycles. The van der Waals surface area contributed by atoms with Crippen LogP contribution in [-0.4, -0.2) is 67.8 Å². The van der Waals surface area contributed by atoms with Gasteiger partial charge >= 0.3 is 0 Å². The van der Waals surface area contributed by atoms with Crippen molar-refractivity contribution >= 4 is 34.3 Å². The molecular formula is C27H27ClN6O2. The summed E-state index contributed by atoms with van der Waals surface area (Å²) in [7, 11) is 0. The van der Waals surface area contributed by atoms with E-state index in [1.54, 1.807) is 32.8 Å². The second-order valence-corrected chi connectivity index (χ2v) is 10.3. The molecule has 0 bridgehead atoms. The summed E-state index contributed by atoms with van der Waals surface area (Å²) in [6.07, 6.45) is 1.68. The van der Waals surface area contributed by atoms with E-state index >= 15 is 0 Å². The number of rotatable bonds is 3. The van der Waals surface area contributed by atoms with Gasteiger partial charge in [0.05, 0.1) is 28.0 Å². The molecule has 0 saturated carbocycles. The van der Waals surface area contributed by atoms with Crippen molar-refractivity contribution in [3.63, 3.8) is 0 Å². The Kier molecular flexibility index (Phi) is 6.22. The third-order valence-corrected chi connectivity index (χ3v) is 6.64. The largest absolute Gasteiger partial charge is 0.335 e. The van der Waals surface area contributed by atoms with Crippen LogP contribution in [0.4, 0.5) is 0 Å². The molecule has 0 atom stereocenters. The highest BCUT2D eigenvalue weighted by Gasteiger charge is 2.28. The van der Waals surface area contributed by atoms with Crippen molar-refractivity contribution in [2.45, 2.75) is 26.3 Å². The molecule has 3 heterocycles. The van der Waals surface area contributed by atoms with E-state index in [9.17, 15) is 9.59 Å². The molecule has 2 aromatic heterocycles. The van der Waals surface area contributed by atoms with Crippen molar-refractivity contribution < 1.29 is 9.59 Å². The maximum atomic E-state index is 13.3. The lowest BCUT2D eigenvalue weighted by Gasteiger charge is -2.34. The summed E-state index contributed by atoms with van der Waals surface area (Å²) in [5, 5.41) is 9.52. The van der Waals surface area contributed by atoms with Crippen LogP contribution in [-0.2, 0) is 5.54 Å². The summed E-state index contributed by atoms with van der Waals surface area (Å²) >= 11 is 6.53. The number of halogens is 1. The quantitative estimate of drug-likeness (QED) is 0.412. The average Bonchev–Trinajstić information content (AvgIpc) is 3.39. The van der Waals surface area contributed by atoms with E-state index in [-0.39, 0.29) is 17.4 Å². The molecule has 4 aromatic rings. The minimum Gasteiger partial charge on any atom is -0.335 e. The van der Waals surface area contributed by atoms with Gasteiger partial charge < -0.3 is 9.80 Å². The number of piperazine rings is 1. The Labute approximate surface area is 214 Å². The van der Waals surface area contributed by atoms with Crippen LogP contribution in [0.1, 0.15) is 41.6 Å². The molecule has 9 heteroatoms. The third kappa shape index (κ3) is 4.68. The number of aromatic nitrogens is 4. The fourth-order valence-electron chi connectivity index (χ4n) is 4.22. The van der Waals surface area contributed by atoms with Gasteiger partial charge in [0.2, 0.25) is 0 Å². The van der Waals surface area contributed by atoms with Crippen molar-refractivity contribution in [1.82, 2.24) is 29.8 Å². The molecule has 0 N–H and O–H groups in total. The number of hydrogen-bond donors (Lipinski definition) is 0. The number of fused-ring (bicyclic) bond motifs is 1. The van der Waals surface area contributed by atoms with Gasteiger partial charge in [-0.15, -0.1) is 5.10 Å². The topological polar surface area (TPSA) is 84.2 Å². The van der Waals surface area contributed by atoms with E-state index in [1.165, 1.54) is 0 Å². The van der Waals surface area contributed by atoms with Crippen LogP contribution in [0.2, 0.25) is 5.02 Å². The second kappa shape index (κ2) is 9.35. The zero-order valence-electron chi connectivity index (χ0n) is 20.5. The lowest BCUT2D eigenvalue weighted by Crippen LogP contribution is -2.50. The Morgan fingerprint density at radius 3 is 2.19 bits per heavy atom. The van der Waals surface area contributed by atoms with E-state index in [4.69, 9.17) is 16.6 Å². The van der Waals surface area contributed by atoms with Gasteiger partial charge in [-0.3, -0.25) is 9.59 Å². The standard InChI is InChI=1S/C27H27ClN6O2/c1-27(2,3)34-17-24(30-31-34)26(36)33-13-11-32(12-14-33)25(35)19-9-10-20-21(28)16-22(29-23(20)15-19)18-7-5-4-6-8-18/h4-10,15-17H,11-14H2,1-3H3. The molecule has 36 heavy (non-hydrogen) atoms. The summed E-state index contributed by atoms with van der Waals surface area (Å²) in [6, 6.07) is 17.1. The minimum atomic E-state index is -0.253. The number of nitrogens with zero attached hydrogens (tertiary/aromatic N) is 6. The van der Waals surface area contributed by atoms with Crippen LogP contribution < -0.4 is 0 Å². The van der Waals surface area contributed by atoms with Crippen molar-refractivity contribution in [1.29, 1.82) is 0 Å². The molecule has 0 spiro atoms. The van der Waals surface area contributed by atoms with Crippen molar-refractivity contribution in [2.24, 2.45) is 0 Å². The molecule has 184 valence electrons. The van der Waals surface area contributed by atoms with E-state index in [0.29, 0.717) is 48.0 Å². The number of carbonyl (C=O) groups excluding carboxylic acids is 2. The Morgan fingerprint density at radius 2 is 1.56 bits per heavy atom. The van der Waals surface area contributed by atoms with E-state index in [2.05, 4.69) is 10.3 Å². The number of hydrogen-bond acceptors (Lipinski definition) is 5. The molecule has 0 radical (unpaired) electrons. The van der Waals surface area contributed by atoms with Crippen LogP contribution >= 0.6 is 11.6 Å². The van der Waals surface area contributed by atoms with Gasteiger partial charge in [-0.1, -0.05) is 53.2 Å². The first-order valence-electron chi connectivity index (χ1n) is 11.9. The van der Waals surface area contributed by atoms with Gasteiger partial charge in [-0.25, -0.2) is 9.67 Å². The van der Waals surface area contributed by atoms with Gasteiger partial charge in [0.25, 0.3) is 11.8 Å². The van der Waals surface area contributed by atoms with Gasteiger partial charge in [0.1, 0.15) is 0 Å². The monoisotopic (exact) mass is 502 g/mol. The molecule has 5 rings (SSSR count). The first-order valence-corrected chi connectivity index (χ1v) is 12.3. The molecule has 1 saturated heterocycles. The zero-order valence-corrected chi connectivity index (χ0v) is 21.2. The summed E-state index contributed by atoms with van der Waals surface area (Å²) < 4.78 is 1.68.